The molecule has 1 N–H and O–H groups in total. The number of aryl methyl sites for hydroxylation is 1. The first-order chi connectivity index (χ1) is 15.0. The van der Waals surface area contributed by atoms with E-state index in [9.17, 15) is 4.39 Å². The number of nitrogens with zero attached hydrogens (tertiary/aromatic N) is 2. The SMILES string of the molecule is C=C1Nc2ccccc2C(c2cccc(F)c2)=C1C1=NN(C)C(c2ccc(C)cc2)C1. The van der Waals surface area contributed by atoms with Crippen LogP contribution in [0.3, 0.4) is 0 Å². The summed E-state index contributed by atoms with van der Waals surface area (Å²) in [7, 11) is 2.01. The zero-order chi connectivity index (χ0) is 21.5. The van der Waals surface area contributed by atoms with Crippen LogP contribution in [0.1, 0.15) is 34.7 Å². The zero-order valence-electron chi connectivity index (χ0n) is 17.7. The number of fused-ring (bicyclic) bond motifs is 1. The molecular formula is C27H24FN3. The molecule has 2 heterocycles. The van der Waals surface area contributed by atoms with Gasteiger partial charge < -0.3 is 5.32 Å². The van der Waals surface area contributed by atoms with Gasteiger partial charge in [0.25, 0.3) is 0 Å². The van der Waals surface area contributed by atoms with Crippen molar-refractivity contribution in [2.75, 3.05) is 12.4 Å². The van der Waals surface area contributed by atoms with Crippen molar-refractivity contribution in [3.8, 4) is 0 Å². The fraction of sp³-hybridized carbons (Fsp3) is 0.148. The summed E-state index contributed by atoms with van der Waals surface area (Å²) < 4.78 is 14.2. The van der Waals surface area contributed by atoms with Gasteiger partial charge in [0.1, 0.15) is 5.82 Å². The Balaban J connectivity index is 1.65. The van der Waals surface area contributed by atoms with Crippen LogP contribution in [-0.2, 0) is 0 Å². The third kappa shape index (κ3) is 3.44. The van der Waals surface area contributed by atoms with Crippen molar-refractivity contribution in [2.45, 2.75) is 19.4 Å². The molecule has 0 spiro atoms. The fourth-order valence-electron chi connectivity index (χ4n) is 4.47. The maximum absolute atomic E-state index is 14.2. The van der Waals surface area contributed by atoms with Gasteiger partial charge in [0.15, 0.2) is 0 Å². The van der Waals surface area contributed by atoms with Crippen LogP contribution in [0.5, 0.6) is 0 Å². The molecule has 0 radical (unpaired) electrons. The van der Waals surface area contributed by atoms with E-state index in [2.05, 4.69) is 49.2 Å². The summed E-state index contributed by atoms with van der Waals surface area (Å²) in [6.45, 7) is 6.40. The summed E-state index contributed by atoms with van der Waals surface area (Å²) >= 11 is 0. The van der Waals surface area contributed by atoms with Crippen molar-refractivity contribution in [1.82, 2.24) is 5.01 Å². The standard InChI is InChI=1S/C27H24FN3/c1-17-11-13-19(14-12-17)25-16-24(30-31(25)3)26-18(2)29-23-10-5-4-9-22(23)27(26)20-7-6-8-21(28)15-20/h4-15,25,29H,2,16H2,1,3H3. The van der Waals surface area contributed by atoms with E-state index in [-0.39, 0.29) is 11.9 Å². The molecular weight excluding hydrogens is 385 g/mol. The summed E-state index contributed by atoms with van der Waals surface area (Å²) in [5.41, 5.74) is 8.96. The number of rotatable bonds is 3. The van der Waals surface area contributed by atoms with E-state index in [1.54, 1.807) is 12.1 Å². The van der Waals surface area contributed by atoms with E-state index < -0.39 is 0 Å². The highest BCUT2D eigenvalue weighted by atomic mass is 19.1. The number of para-hydroxylation sites is 1. The molecule has 31 heavy (non-hydrogen) atoms. The zero-order valence-corrected chi connectivity index (χ0v) is 17.7. The van der Waals surface area contributed by atoms with Crippen LogP contribution in [0.4, 0.5) is 10.1 Å². The number of anilines is 1. The van der Waals surface area contributed by atoms with Gasteiger partial charge in [-0.1, -0.05) is 66.7 Å². The van der Waals surface area contributed by atoms with Crippen LogP contribution in [0, 0.1) is 12.7 Å². The average Bonchev–Trinajstić information content (AvgIpc) is 3.14. The molecule has 0 aromatic heterocycles. The average molecular weight is 410 g/mol. The van der Waals surface area contributed by atoms with Crippen LogP contribution >= 0.6 is 0 Å². The maximum atomic E-state index is 14.2. The molecule has 154 valence electrons. The van der Waals surface area contributed by atoms with Gasteiger partial charge in [0.2, 0.25) is 0 Å². The summed E-state index contributed by atoms with van der Waals surface area (Å²) in [4.78, 5) is 0. The second-order valence-electron chi connectivity index (χ2n) is 8.16. The molecule has 5 rings (SSSR count). The monoisotopic (exact) mass is 409 g/mol. The van der Waals surface area contributed by atoms with Crippen molar-refractivity contribution in [3.63, 3.8) is 0 Å². The van der Waals surface area contributed by atoms with Crippen molar-refractivity contribution < 1.29 is 4.39 Å². The highest BCUT2D eigenvalue weighted by Gasteiger charge is 2.32. The predicted molar refractivity (Wildman–Crippen MR) is 125 cm³/mol. The van der Waals surface area contributed by atoms with Gasteiger partial charge in [-0.25, -0.2) is 4.39 Å². The molecule has 0 aliphatic carbocycles. The number of halogens is 1. The molecule has 4 heteroatoms. The van der Waals surface area contributed by atoms with Crippen molar-refractivity contribution in [1.29, 1.82) is 0 Å². The van der Waals surface area contributed by atoms with Crippen LogP contribution in [0.25, 0.3) is 5.57 Å². The largest absolute Gasteiger partial charge is 0.355 e. The first kappa shape index (κ1) is 19.3. The lowest BCUT2D eigenvalue weighted by Crippen LogP contribution is -2.18. The molecule has 2 aliphatic heterocycles. The number of allylic oxidation sites excluding steroid dienone is 1. The molecule has 3 aromatic carbocycles. The Labute approximate surface area is 182 Å². The summed E-state index contributed by atoms with van der Waals surface area (Å²) in [6.07, 6.45) is 0.760. The molecule has 1 unspecified atom stereocenters. The van der Waals surface area contributed by atoms with Gasteiger partial charge in [0, 0.05) is 41.6 Å². The Hall–Kier alpha value is -3.66. The minimum absolute atomic E-state index is 0.154. The van der Waals surface area contributed by atoms with Gasteiger partial charge in [0.05, 0.1) is 11.8 Å². The lowest BCUT2D eigenvalue weighted by atomic mass is 9.84. The first-order valence-electron chi connectivity index (χ1n) is 10.4. The molecule has 1 atom stereocenters. The quantitative estimate of drug-likeness (QED) is 0.549. The minimum Gasteiger partial charge on any atom is -0.355 e. The Morgan fingerprint density at radius 2 is 1.77 bits per heavy atom. The summed E-state index contributed by atoms with van der Waals surface area (Å²) in [5.74, 6) is -0.256. The van der Waals surface area contributed by atoms with Crippen LogP contribution in [0.2, 0.25) is 0 Å². The molecule has 3 nitrogen and oxygen atoms in total. The number of nitrogens with one attached hydrogen (secondary N) is 1. The molecule has 0 amide bonds. The lowest BCUT2D eigenvalue weighted by Gasteiger charge is -2.27. The van der Waals surface area contributed by atoms with Crippen LogP contribution in [-0.4, -0.2) is 17.8 Å². The summed E-state index contributed by atoms with van der Waals surface area (Å²) in [6, 6.07) is 23.6. The normalized spacial score (nSPS) is 18.0. The van der Waals surface area contributed by atoms with Gasteiger partial charge in [-0.05, 0) is 36.2 Å². The molecule has 0 bridgehead atoms. The topological polar surface area (TPSA) is 27.6 Å². The van der Waals surface area contributed by atoms with E-state index >= 15 is 0 Å². The second-order valence-corrected chi connectivity index (χ2v) is 8.16. The maximum Gasteiger partial charge on any atom is 0.123 e. The Bertz CT molecular complexity index is 1240. The van der Waals surface area contributed by atoms with Crippen molar-refractivity contribution in [2.24, 2.45) is 5.10 Å². The second kappa shape index (κ2) is 7.55. The minimum atomic E-state index is -0.256. The van der Waals surface area contributed by atoms with Gasteiger partial charge in [-0.3, -0.25) is 5.01 Å². The third-order valence-electron chi connectivity index (χ3n) is 6.01. The van der Waals surface area contributed by atoms with Crippen molar-refractivity contribution in [3.05, 3.63) is 119 Å². The van der Waals surface area contributed by atoms with E-state index in [1.807, 2.05) is 36.3 Å². The third-order valence-corrected chi connectivity index (χ3v) is 6.01. The van der Waals surface area contributed by atoms with Gasteiger partial charge >= 0.3 is 0 Å². The van der Waals surface area contributed by atoms with Crippen LogP contribution in [0.15, 0.2) is 95.7 Å². The van der Waals surface area contributed by atoms with E-state index in [1.165, 1.54) is 17.2 Å². The molecule has 3 aromatic rings. The Morgan fingerprint density at radius 1 is 1.00 bits per heavy atom. The molecule has 2 aliphatic rings. The predicted octanol–water partition coefficient (Wildman–Crippen LogP) is 6.31. The molecule has 0 saturated heterocycles. The number of hydrogen-bond acceptors (Lipinski definition) is 3. The van der Waals surface area contributed by atoms with Gasteiger partial charge in [-0.15, -0.1) is 0 Å². The highest BCUT2D eigenvalue weighted by molar-refractivity contribution is 6.15. The molecule has 0 fully saturated rings. The lowest BCUT2D eigenvalue weighted by molar-refractivity contribution is 0.290. The first-order valence-corrected chi connectivity index (χ1v) is 10.4. The Morgan fingerprint density at radius 3 is 2.55 bits per heavy atom. The van der Waals surface area contributed by atoms with E-state index in [0.29, 0.717) is 0 Å². The van der Waals surface area contributed by atoms with E-state index in [4.69, 9.17) is 5.10 Å². The number of benzene rings is 3. The highest BCUT2D eigenvalue weighted by Crippen LogP contribution is 2.43. The molecule has 0 saturated carbocycles. The van der Waals surface area contributed by atoms with Gasteiger partial charge in [-0.2, -0.15) is 5.10 Å². The fourth-order valence-corrected chi connectivity index (χ4v) is 4.47. The van der Waals surface area contributed by atoms with E-state index in [0.717, 1.165) is 45.8 Å². The number of hydrazone groups is 1. The summed E-state index contributed by atoms with van der Waals surface area (Å²) in [5, 5.41) is 10.4. The number of hydrogen-bond donors (Lipinski definition) is 1. The van der Waals surface area contributed by atoms with Crippen molar-refractivity contribution >= 4 is 17.0 Å². The van der Waals surface area contributed by atoms with Crippen LogP contribution < -0.4 is 5.32 Å². The Kier molecular flexibility index (Phi) is 4.70. The smallest absolute Gasteiger partial charge is 0.123 e.